The highest BCUT2D eigenvalue weighted by atomic mass is 32.2. The second-order valence-electron chi connectivity index (χ2n) is 7.92. The number of aromatic amines is 1. The predicted octanol–water partition coefficient (Wildman–Crippen LogP) is 3.02. The van der Waals surface area contributed by atoms with E-state index in [4.69, 9.17) is 0 Å². The maximum absolute atomic E-state index is 13.2. The number of rotatable bonds is 6. The third kappa shape index (κ3) is 5.74. The van der Waals surface area contributed by atoms with E-state index < -0.39 is 17.3 Å². The molecule has 3 rings (SSSR count). The summed E-state index contributed by atoms with van der Waals surface area (Å²) in [7, 11) is 0. The number of H-pyrrole nitrogens is 1. The van der Waals surface area contributed by atoms with Crippen molar-refractivity contribution in [3.8, 4) is 5.88 Å². The van der Waals surface area contributed by atoms with Gasteiger partial charge in [-0.05, 0) is 25.7 Å². The van der Waals surface area contributed by atoms with Crippen LogP contribution in [0, 0.1) is 0 Å². The van der Waals surface area contributed by atoms with Gasteiger partial charge in [-0.15, -0.1) is 0 Å². The van der Waals surface area contributed by atoms with Gasteiger partial charge in [0.1, 0.15) is 0 Å². The SMILES string of the molecule is CC(=O)Nc1c(O)nc(SCC(=O)N(C2CCCCC2)C2CCCCC2)[nH]c1=O. The molecule has 0 saturated heterocycles. The smallest absolute Gasteiger partial charge is 0.279 e. The Hall–Kier alpha value is -2.03. The molecule has 2 saturated carbocycles. The van der Waals surface area contributed by atoms with Crippen molar-refractivity contribution in [2.45, 2.75) is 88.4 Å². The van der Waals surface area contributed by atoms with Crippen LogP contribution in [0.5, 0.6) is 5.88 Å². The summed E-state index contributed by atoms with van der Waals surface area (Å²) >= 11 is 1.11. The third-order valence-corrected chi connectivity index (χ3v) is 6.59. The second kappa shape index (κ2) is 10.1. The lowest BCUT2D eigenvalue weighted by atomic mass is 9.88. The lowest BCUT2D eigenvalue weighted by molar-refractivity contribution is -0.135. The van der Waals surface area contributed by atoms with Gasteiger partial charge in [0.05, 0.1) is 5.75 Å². The van der Waals surface area contributed by atoms with Crippen LogP contribution in [0.15, 0.2) is 9.95 Å². The molecule has 2 amide bonds. The molecule has 2 aliphatic rings. The molecule has 160 valence electrons. The first-order chi connectivity index (χ1) is 14.0. The van der Waals surface area contributed by atoms with Gasteiger partial charge in [-0.1, -0.05) is 50.3 Å². The van der Waals surface area contributed by atoms with E-state index in [9.17, 15) is 19.5 Å². The number of anilines is 1. The minimum atomic E-state index is -0.640. The van der Waals surface area contributed by atoms with Gasteiger partial charge >= 0.3 is 0 Å². The van der Waals surface area contributed by atoms with Crippen molar-refractivity contribution in [3.63, 3.8) is 0 Å². The Labute approximate surface area is 174 Å². The normalized spacial score (nSPS) is 18.4. The number of nitrogens with one attached hydrogen (secondary N) is 2. The second-order valence-corrected chi connectivity index (χ2v) is 8.89. The van der Waals surface area contributed by atoms with Crippen molar-refractivity contribution in [1.29, 1.82) is 0 Å². The van der Waals surface area contributed by atoms with Crippen molar-refractivity contribution >= 4 is 29.3 Å². The molecule has 8 nitrogen and oxygen atoms in total. The van der Waals surface area contributed by atoms with E-state index in [0.29, 0.717) is 12.1 Å². The lowest BCUT2D eigenvalue weighted by Gasteiger charge is -2.41. The molecule has 9 heteroatoms. The van der Waals surface area contributed by atoms with Crippen LogP contribution < -0.4 is 10.9 Å². The first-order valence-corrected chi connectivity index (χ1v) is 11.5. The van der Waals surface area contributed by atoms with Gasteiger partial charge < -0.3 is 15.3 Å². The summed E-state index contributed by atoms with van der Waals surface area (Å²) < 4.78 is 0. The van der Waals surface area contributed by atoms with E-state index in [0.717, 1.165) is 37.4 Å². The van der Waals surface area contributed by atoms with E-state index in [1.54, 1.807) is 0 Å². The molecule has 3 N–H and O–H groups in total. The number of hydrogen-bond donors (Lipinski definition) is 3. The topological polar surface area (TPSA) is 115 Å². The van der Waals surface area contributed by atoms with E-state index in [2.05, 4.69) is 20.2 Å². The molecule has 1 heterocycles. The molecular formula is C20H30N4O4S. The minimum absolute atomic E-state index is 0.0712. The summed E-state index contributed by atoms with van der Waals surface area (Å²) in [6.45, 7) is 1.24. The molecule has 0 bridgehead atoms. The fraction of sp³-hybridized carbons (Fsp3) is 0.700. The van der Waals surface area contributed by atoms with Crippen LogP contribution in [0.2, 0.25) is 0 Å². The highest BCUT2D eigenvalue weighted by Crippen LogP contribution is 2.31. The zero-order valence-corrected chi connectivity index (χ0v) is 17.7. The molecule has 29 heavy (non-hydrogen) atoms. The van der Waals surface area contributed by atoms with Crippen molar-refractivity contribution in [2.24, 2.45) is 0 Å². The van der Waals surface area contributed by atoms with Crippen LogP contribution in [-0.2, 0) is 9.59 Å². The van der Waals surface area contributed by atoms with Crippen LogP contribution in [0.1, 0.15) is 71.1 Å². The zero-order chi connectivity index (χ0) is 20.8. The first kappa shape index (κ1) is 21.7. The van der Waals surface area contributed by atoms with Crippen molar-refractivity contribution < 1.29 is 14.7 Å². The van der Waals surface area contributed by atoms with Gasteiger partial charge in [-0.3, -0.25) is 19.4 Å². The summed E-state index contributed by atoms with van der Waals surface area (Å²) in [5.41, 5.74) is -0.918. The monoisotopic (exact) mass is 422 g/mol. The Morgan fingerprint density at radius 3 is 2.14 bits per heavy atom. The molecule has 0 aromatic carbocycles. The van der Waals surface area contributed by atoms with Crippen LogP contribution in [0.25, 0.3) is 0 Å². The van der Waals surface area contributed by atoms with E-state index >= 15 is 0 Å². The largest absolute Gasteiger partial charge is 0.492 e. The molecule has 0 atom stereocenters. The van der Waals surface area contributed by atoms with Crippen molar-refractivity contribution in [3.05, 3.63) is 10.4 Å². The quantitative estimate of drug-likeness (QED) is 0.479. The fourth-order valence-electron chi connectivity index (χ4n) is 4.43. The molecule has 0 unspecified atom stereocenters. The zero-order valence-electron chi connectivity index (χ0n) is 16.9. The standard InChI is InChI=1S/C20H30N4O4S/c1-13(25)21-17-18(27)22-20(23-19(17)28)29-12-16(26)24(14-8-4-2-5-9-14)15-10-6-3-7-11-15/h14-15H,2-12H2,1H3,(H,21,25)(H2,22,23,27,28). The molecule has 0 aliphatic heterocycles. The average Bonchev–Trinajstić information content (AvgIpc) is 2.71. The van der Waals surface area contributed by atoms with E-state index in [1.807, 2.05) is 0 Å². The van der Waals surface area contributed by atoms with Crippen molar-refractivity contribution in [1.82, 2.24) is 14.9 Å². The number of nitrogens with zero attached hydrogens (tertiary/aromatic N) is 2. The summed E-state index contributed by atoms with van der Waals surface area (Å²) in [5, 5.41) is 12.4. The first-order valence-electron chi connectivity index (χ1n) is 10.5. The Kier molecular flexibility index (Phi) is 7.57. The fourth-order valence-corrected chi connectivity index (χ4v) is 5.15. The molecular weight excluding hydrogens is 392 g/mol. The number of amides is 2. The summed E-state index contributed by atoms with van der Waals surface area (Å²) in [4.78, 5) is 45.0. The highest BCUT2D eigenvalue weighted by molar-refractivity contribution is 7.99. The van der Waals surface area contributed by atoms with Crippen LogP contribution in [0.4, 0.5) is 5.69 Å². The summed E-state index contributed by atoms with van der Waals surface area (Å²) in [6.07, 6.45) is 11.4. The number of aromatic hydroxyl groups is 1. The van der Waals surface area contributed by atoms with Gasteiger partial charge in [0.15, 0.2) is 10.8 Å². The molecule has 1 aromatic heterocycles. The van der Waals surface area contributed by atoms with Gasteiger partial charge in [-0.25, -0.2) is 0 Å². The predicted molar refractivity (Wildman–Crippen MR) is 112 cm³/mol. The van der Waals surface area contributed by atoms with E-state index in [-0.39, 0.29) is 22.5 Å². The van der Waals surface area contributed by atoms with Crippen LogP contribution in [0.3, 0.4) is 0 Å². The van der Waals surface area contributed by atoms with Gasteiger partial charge in [0, 0.05) is 19.0 Å². The third-order valence-electron chi connectivity index (χ3n) is 5.74. The Morgan fingerprint density at radius 2 is 1.66 bits per heavy atom. The molecule has 0 spiro atoms. The Morgan fingerprint density at radius 1 is 1.10 bits per heavy atom. The minimum Gasteiger partial charge on any atom is -0.492 e. The van der Waals surface area contributed by atoms with E-state index in [1.165, 1.54) is 45.4 Å². The van der Waals surface area contributed by atoms with Crippen molar-refractivity contribution in [2.75, 3.05) is 11.1 Å². The molecule has 0 radical (unpaired) electrons. The summed E-state index contributed by atoms with van der Waals surface area (Å²) in [6, 6.07) is 0.616. The van der Waals surface area contributed by atoms with Crippen LogP contribution >= 0.6 is 11.8 Å². The number of aromatic nitrogens is 2. The number of hydrogen-bond acceptors (Lipinski definition) is 6. The molecule has 2 aliphatic carbocycles. The van der Waals surface area contributed by atoms with Gasteiger partial charge in [0.2, 0.25) is 17.7 Å². The highest BCUT2D eigenvalue weighted by Gasteiger charge is 2.32. The number of carbonyl (C=O) groups excluding carboxylic acids is 2. The Balaban J connectivity index is 1.69. The number of thioether (sulfide) groups is 1. The average molecular weight is 423 g/mol. The summed E-state index contributed by atoms with van der Waals surface area (Å²) in [5.74, 6) is -0.787. The maximum atomic E-state index is 13.2. The molecule has 2 fully saturated rings. The molecule has 1 aromatic rings. The van der Waals surface area contributed by atoms with Crippen LogP contribution in [-0.4, -0.2) is 49.6 Å². The lowest BCUT2D eigenvalue weighted by Crippen LogP contribution is -2.49. The van der Waals surface area contributed by atoms with Gasteiger partial charge in [-0.2, -0.15) is 4.98 Å². The van der Waals surface area contributed by atoms with Gasteiger partial charge in [0.25, 0.3) is 5.56 Å². The Bertz CT molecular complexity index is 767. The number of carbonyl (C=O) groups is 2. The maximum Gasteiger partial charge on any atom is 0.279 e.